The first-order chi connectivity index (χ1) is 10.9. The van der Waals surface area contributed by atoms with Gasteiger partial charge in [0.05, 0.1) is 19.8 Å². The monoisotopic (exact) mass is 320 g/mol. The third kappa shape index (κ3) is 3.23. The number of Topliss-reactive ketones (excluding diaryl/α,β-unsaturated/α-hetero) is 1. The van der Waals surface area contributed by atoms with Crippen molar-refractivity contribution in [2.75, 3.05) is 32.8 Å². The molecular formula is C18H28N2O3. The van der Waals surface area contributed by atoms with Gasteiger partial charge in [-0.3, -0.25) is 9.69 Å². The molecule has 0 bridgehead atoms. The average molecular weight is 320 g/mol. The fraction of sp³-hybridized carbons (Fsp3) is 0.722. The normalized spacial score (nSPS) is 21.4. The molecule has 0 N–H and O–H groups in total. The number of hydrogen-bond acceptors (Lipinski definition) is 4. The summed E-state index contributed by atoms with van der Waals surface area (Å²) < 4.78 is 13.7. The number of ketones is 1. The number of piperidine rings is 1. The van der Waals surface area contributed by atoms with Gasteiger partial charge in [0.15, 0.2) is 11.6 Å². The second-order valence-electron chi connectivity index (χ2n) is 7.06. The Morgan fingerprint density at radius 2 is 1.83 bits per heavy atom. The largest absolute Gasteiger partial charge is 0.347 e. The van der Waals surface area contributed by atoms with Gasteiger partial charge >= 0.3 is 0 Å². The zero-order chi connectivity index (χ0) is 16.6. The molecule has 2 saturated heterocycles. The number of aryl methyl sites for hydroxylation is 1. The summed E-state index contributed by atoms with van der Waals surface area (Å²) in [7, 11) is 0. The highest BCUT2D eigenvalue weighted by molar-refractivity contribution is 5.99. The average Bonchev–Trinajstić information content (AvgIpc) is 3.06. The molecule has 128 valence electrons. The molecular weight excluding hydrogens is 292 g/mol. The van der Waals surface area contributed by atoms with Crippen LogP contribution >= 0.6 is 0 Å². The zero-order valence-electron chi connectivity index (χ0n) is 14.7. The highest BCUT2D eigenvalue weighted by atomic mass is 16.7. The summed E-state index contributed by atoms with van der Waals surface area (Å²) >= 11 is 0. The first kappa shape index (κ1) is 16.7. The van der Waals surface area contributed by atoms with Gasteiger partial charge in [0.25, 0.3) is 0 Å². The van der Waals surface area contributed by atoms with Gasteiger partial charge in [0, 0.05) is 48.9 Å². The lowest BCUT2D eigenvalue weighted by Crippen LogP contribution is -2.46. The van der Waals surface area contributed by atoms with Crippen LogP contribution in [0.15, 0.2) is 6.07 Å². The molecule has 0 unspecified atom stereocenters. The van der Waals surface area contributed by atoms with Crippen LogP contribution < -0.4 is 0 Å². The molecule has 2 aliphatic heterocycles. The number of nitrogens with zero attached hydrogens (tertiary/aromatic N) is 2. The van der Waals surface area contributed by atoms with Crippen molar-refractivity contribution < 1.29 is 14.3 Å². The van der Waals surface area contributed by atoms with E-state index in [1.807, 2.05) is 13.0 Å². The van der Waals surface area contributed by atoms with Crippen LogP contribution in [0.2, 0.25) is 0 Å². The number of ether oxygens (including phenoxy) is 2. The number of likely N-dealkylation sites (tertiary alicyclic amines) is 1. The number of aromatic nitrogens is 1. The van der Waals surface area contributed by atoms with Crippen molar-refractivity contribution in [3.05, 3.63) is 23.0 Å². The molecule has 1 spiro atoms. The number of hydrogen-bond donors (Lipinski definition) is 0. The maximum Gasteiger partial charge on any atom is 0.178 e. The van der Waals surface area contributed by atoms with Gasteiger partial charge < -0.3 is 14.0 Å². The molecule has 5 nitrogen and oxygen atoms in total. The summed E-state index contributed by atoms with van der Waals surface area (Å²) in [5.41, 5.74) is 3.11. The van der Waals surface area contributed by atoms with Gasteiger partial charge in [-0.15, -0.1) is 0 Å². The van der Waals surface area contributed by atoms with Crippen LogP contribution in [0.3, 0.4) is 0 Å². The molecule has 1 aromatic rings. The minimum absolute atomic E-state index is 0.217. The fourth-order valence-corrected chi connectivity index (χ4v) is 3.98. The van der Waals surface area contributed by atoms with Crippen molar-refractivity contribution in [1.29, 1.82) is 0 Å². The van der Waals surface area contributed by atoms with E-state index in [1.54, 1.807) is 0 Å². The SMILES string of the molecule is Cc1cc(C(=O)CN2CCC3(CC2)OCCO3)c(C)n1C(C)C. The lowest BCUT2D eigenvalue weighted by Gasteiger charge is -2.37. The molecule has 0 radical (unpaired) electrons. The van der Waals surface area contributed by atoms with E-state index in [4.69, 9.17) is 9.47 Å². The second-order valence-corrected chi connectivity index (χ2v) is 7.06. The quantitative estimate of drug-likeness (QED) is 0.800. The Hall–Kier alpha value is -1.17. The van der Waals surface area contributed by atoms with E-state index in [0.29, 0.717) is 25.8 Å². The summed E-state index contributed by atoms with van der Waals surface area (Å²) in [6, 6.07) is 2.41. The lowest BCUT2D eigenvalue weighted by molar-refractivity contribution is -0.184. The van der Waals surface area contributed by atoms with Crippen LogP contribution in [0.25, 0.3) is 0 Å². The van der Waals surface area contributed by atoms with E-state index in [0.717, 1.165) is 42.9 Å². The Balaban J connectivity index is 1.63. The Kier molecular flexibility index (Phi) is 4.63. The zero-order valence-corrected chi connectivity index (χ0v) is 14.7. The number of carbonyl (C=O) groups excluding carboxylic acids is 1. The predicted molar refractivity (Wildman–Crippen MR) is 88.9 cm³/mol. The van der Waals surface area contributed by atoms with Crippen molar-refractivity contribution in [3.8, 4) is 0 Å². The first-order valence-electron chi connectivity index (χ1n) is 8.64. The number of rotatable bonds is 4. The molecule has 0 saturated carbocycles. The van der Waals surface area contributed by atoms with Gasteiger partial charge in [-0.2, -0.15) is 0 Å². The van der Waals surface area contributed by atoms with E-state index >= 15 is 0 Å². The maximum atomic E-state index is 12.7. The molecule has 0 atom stereocenters. The molecule has 3 heterocycles. The molecule has 23 heavy (non-hydrogen) atoms. The highest BCUT2D eigenvalue weighted by Gasteiger charge is 2.40. The molecule has 0 aromatic carbocycles. The standard InChI is InChI=1S/C18H28N2O3/c1-13(2)20-14(3)11-16(15(20)4)17(21)12-19-7-5-18(6-8-19)22-9-10-23-18/h11,13H,5-10,12H2,1-4H3. The van der Waals surface area contributed by atoms with Crippen LogP contribution in [-0.2, 0) is 9.47 Å². The molecule has 2 aliphatic rings. The third-order valence-corrected chi connectivity index (χ3v) is 5.10. The van der Waals surface area contributed by atoms with Gasteiger partial charge in [0.2, 0.25) is 0 Å². The topological polar surface area (TPSA) is 43.7 Å². The summed E-state index contributed by atoms with van der Waals surface area (Å²) in [6.07, 6.45) is 1.70. The lowest BCUT2D eigenvalue weighted by atomic mass is 10.0. The van der Waals surface area contributed by atoms with Gasteiger partial charge in [0.1, 0.15) is 0 Å². The third-order valence-electron chi connectivity index (χ3n) is 5.10. The Labute approximate surface area is 138 Å². The summed E-state index contributed by atoms with van der Waals surface area (Å²) in [4.78, 5) is 14.9. The van der Waals surface area contributed by atoms with E-state index in [-0.39, 0.29) is 11.6 Å². The fourth-order valence-electron chi connectivity index (χ4n) is 3.98. The van der Waals surface area contributed by atoms with Crippen molar-refractivity contribution in [2.45, 2.75) is 52.4 Å². The van der Waals surface area contributed by atoms with Gasteiger partial charge in [-0.25, -0.2) is 0 Å². The molecule has 0 aliphatic carbocycles. The summed E-state index contributed by atoms with van der Waals surface area (Å²) in [5.74, 6) is -0.151. The Bertz CT molecular complexity index is 575. The van der Waals surface area contributed by atoms with Crippen molar-refractivity contribution in [2.24, 2.45) is 0 Å². The smallest absolute Gasteiger partial charge is 0.178 e. The summed E-state index contributed by atoms with van der Waals surface area (Å²) in [5, 5.41) is 0. The van der Waals surface area contributed by atoms with Crippen molar-refractivity contribution in [1.82, 2.24) is 9.47 Å². The molecule has 1 aromatic heterocycles. The molecule has 3 rings (SSSR count). The highest BCUT2D eigenvalue weighted by Crippen LogP contribution is 2.31. The predicted octanol–water partition coefficient (Wildman–Crippen LogP) is 2.71. The van der Waals surface area contributed by atoms with E-state index in [1.165, 1.54) is 0 Å². The van der Waals surface area contributed by atoms with E-state index in [9.17, 15) is 4.79 Å². The summed E-state index contributed by atoms with van der Waals surface area (Å²) in [6.45, 7) is 12.0. The van der Waals surface area contributed by atoms with E-state index < -0.39 is 0 Å². The van der Waals surface area contributed by atoms with Gasteiger partial charge in [-0.05, 0) is 33.8 Å². The van der Waals surface area contributed by atoms with Gasteiger partial charge in [-0.1, -0.05) is 0 Å². The van der Waals surface area contributed by atoms with Crippen LogP contribution in [0.5, 0.6) is 0 Å². The Morgan fingerprint density at radius 3 is 2.35 bits per heavy atom. The molecule has 5 heteroatoms. The van der Waals surface area contributed by atoms with Crippen molar-refractivity contribution >= 4 is 5.78 Å². The minimum Gasteiger partial charge on any atom is -0.347 e. The van der Waals surface area contributed by atoms with Crippen molar-refractivity contribution in [3.63, 3.8) is 0 Å². The van der Waals surface area contributed by atoms with Crippen LogP contribution in [-0.4, -0.2) is 53.9 Å². The maximum absolute atomic E-state index is 12.7. The van der Waals surface area contributed by atoms with Crippen LogP contribution in [0.4, 0.5) is 0 Å². The van der Waals surface area contributed by atoms with Crippen LogP contribution in [0.1, 0.15) is 54.5 Å². The van der Waals surface area contributed by atoms with Crippen LogP contribution in [0, 0.1) is 13.8 Å². The number of carbonyl (C=O) groups is 1. The minimum atomic E-state index is -0.368. The first-order valence-corrected chi connectivity index (χ1v) is 8.64. The molecule has 2 fully saturated rings. The Morgan fingerprint density at radius 1 is 1.22 bits per heavy atom. The second kappa shape index (κ2) is 6.38. The molecule has 0 amide bonds. The van der Waals surface area contributed by atoms with E-state index in [2.05, 4.69) is 30.2 Å².